The average molecular weight is 307 g/mol. The molecule has 7 nitrogen and oxygen atoms in total. The quantitative estimate of drug-likeness (QED) is 0.728. The third-order valence-corrected chi connectivity index (χ3v) is 3.95. The maximum absolute atomic E-state index is 4.42. The fourth-order valence-electron chi connectivity index (χ4n) is 2.75. The minimum atomic E-state index is 0.784. The summed E-state index contributed by atoms with van der Waals surface area (Å²) >= 11 is 0. The highest BCUT2D eigenvalue weighted by Gasteiger charge is 2.19. The molecule has 0 radical (unpaired) electrons. The maximum Gasteiger partial charge on any atom is 0.158 e. The van der Waals surface area contributed by atoms with Gasteiger partial charge in [0.1, 0.15) is 18.0 Å². The lowest BCUT2D eigenvalue weighted by Gasteiger charge is -2.36. The number of aromatic nitrogens is 5. The summed E-state index contributed by atoms with van der Waals surface area (Å²) in [5, 5.41) is 4.22. The zero-order valence-corrected chi connectivity index (χ0v) is 12.7. The highest BCUT2D eigenvalue weighted by atomic mass is 15.3. The monoisotopic (exact) mass is 307 g/mol. The first-order valence-electron chi connectivity index (χ1n) is 7.63. The second-order valence-electron chi connectivity index (χ2n) is 5.35. The van der Waals surface area contributed by atoms with Gasteiger partial charge in [-0.05, 0) is 18.2 Å². The van der Waals surface area contributed by atoms with Crippen LogP contribution >= 0.6 is 0 Å². The third-order valence-electron chi connectivity index (χ3n) is 3.95. The number of pyridine rings is 1. The van der Waals surface area contributed by atoms with Gasteiger partial charge in [0, 0.05) is 50.8 Å². The molecule has 4 rings (SSSR count). The van der Waals surface area contributed by atoms with Crippen molar-refractivity contribution < 1.29 is 0 Å². The zero-order chi connectivity index (χ0) is 15.5. The van der Waals surface area contributed by atoms with E-state index < -0.39 is 0 Å². The van der Waals surface area contributed by atoms with Crippen LogP contribution in [0.25, 0.3) is 5.82 Å². The molecule has 23 heavy (non-hydrogen) atoms. The van der Waals surface area contributed by atoms with Crippen LogP contribution in [0.3, 0.4) is 0 Å². The van der Waals surface area contributed by atoms with Crippen LogP contribution in [-0.4, -0.2) is 50.9 Å². The highest BCUT2D eigenvalue weighted by molar-refractivity contribution is 5.46. The molecule has 1 aliphatic rings. The van der Waals surface area contributed by atoms with Crippen LogP contribution < -0.4 is 9.80 Å². The van der Waals surface area contributed by atoms with Crippen molar-refractivity contribution in [1.29, 1.82) is 0 Å². The largest absolute Gasteiger partial charge is 0.353 e. The second-order valence-corrected chi connectivity index (χ2v) is 5.35. The highest BCUT2D eigenvalue weighted by Crippen LogP contribution is 2.18. The minimum absolute atomic E-state index is 0.784. The van der Waals surface area contributed by atoms with Crippen molar-refractivity contribution in [3.8, 4) is 5.82 Å². The van der Waals surface area contributed by atoms with Gasteiger partial charge in [-0.15, -0.1) is 0 Å². The van der Waals surface area contributed by atoms with Gasteiger partial charge in [-0.2, -0.15) is 5.10 Å². The summed E-state index contributed by atoms with van der Waals surface area (Å²) < 4.78 is 1.75. The maximum atomic E-state index is 4.42. The summed E-state index contributed by atoms with van der Waals surface area (Å²) in [6.07, 6.45) is 7.05. The standard InChI is InChI=1S/C16H17N7/c1-2-5-17-14(4-1)21-8-10-22(11-9-21)15-12-16(19-13-18-15)23-7-3-6-20-23/h1-7,12-13H,8-11H2. The van der Waals surface area contributed by atoms with Gasteiger partial charge < -0.3 is 9.80 Å². The van der Waals surface area contributed by atoms with E-state index in [-0.39, 0.29) is 0 Å². The summed E-state index contributed by atoms with van der Waals surface area (Å²) in [6.45, 7) is 3.68. The van der Waals surface area contributed by atoms with Crippen LogP contribution in [0, 0.1) is 0 Å². The molecule has 0 spiro atoms. The Morgan fingerprint density at radius 1 is 0.739 bits per heavy atom. The fourth-order valence-corrected chi connectivity index (χ4v) is 2.75. The van der Waals surface area contributed by atoms with E-state index in [4.69, 9.17) is 0 Å². The lowest BCUT2D eigenvalue weighted by atomic mass is 10.3. The van der Waals surface area contributed by atoms with Crippen molar-refractivity contribution in [2.75, 3.05) is 36.0 Å². The molecule has 0 atom stereocenters. The van der Waals surface area contributed by atoms with Crippen molar-refractivity contribution in [3.63, 3.8) is 0 Å². The molecule has 1 saturated heterocycles. The average Bonchev–Trinajstić information content (AvgIpc) is 3.18. The Kier molecular flexibility index (Phi) is 3.59. The smallest absolute Gasteiger partial charge is 0.158 e. The Hall–Kier alpha value is -2.96. The van der Waals surface area contributed by atoms with Crippen LogP contribution in [0.4, 0.5) is 11.6 Å². The number of rotatable bonds is 3. The van der Waals surface area contributed by atoms with Gasteiger partial charge in [0.2, 0.25) is 0 Å². The Labute approximate surface area is 134 Å². The van der Waals surface area contributed by atoms with Crippen molar-refractivity contribution in [2.45, 2.75) is 0 Å². The van der Waals surface area contributed by atoms with E-state index in [9.17, 15) is 0 Å². The minimum Gasteiger partial charge on any atom is -0.353 e. The van der Waals surface area contributed by atoms with Crippen molar-refractivity contribution in [3.05, 3.63) is 55.2 Å². The first kappa shape index (κ1) is 13.7. The normalized spacial score (nSPS) is 15.0. The molecule has 0 aromatic carbocycles. The first-order valence-corrected chi connectivity index (χ1v) is 7.63. The second kappa shape index (κ2) is 6.04. The van der Waals surface area contributed by atoms with Crippen molar-refractivity contribution >= 4 is 11.6 Å². The van der Waals surface area contributed by atoms with Gasteiger partial charge in [0.05, 0.1) is 0 Å². The van der Waals surface area contributed by atoms with Gasteiger partial charge in [0.25, 0.3) is 0 Å². The van der Waals surface area contributed by atoms with E-state index in [1.54, 1.807) is 17.2 Å². The fraction of sp³-hybridized carbons (Fsp3) is 0.250. The Morgan fingerprint density at radius 3 is 2.22 bits per heavy atom. The molecule has 0 amide bonds. The van der Waals surface area contributed by atoms with E-state index in [1.165, 1.54) is 0 Å². The summed E-state index contributed by atoms with van der Waals surface area (Å²) in [5.41, 5.74) is 0. The topological polar surface area (TPSA) is 63.0 Å². The van der Waals surface area contributed by atoms with Gasteiger partial charge >= 0.3 is 0 Å². The van der Waals surface area contributed by atoms with Crippen LogP contribution in [-0.2, 0) is 0 Å². The SMILES string of the molecule is c1ccc(N2CCN(c3cc(-n4cccn4)ncn3)CC2)nc1. The van der Waals surface area contributed by atoms with Gasteiger partial charge in [-0.3, -0.25) is 0 Å². The van der Waals surface area contributed by atoms with Crippen LogP contribution in [0.5, 0.6) is 0 Å². The van der Waals surface area contributed by atoms with Crippen LogP contribution in [0.15, 0.2) is 55.2 Å². The molecule has 4 heterocycles. The first-order chi connectivity index (χ1) is 11.4. The van der Waals surface area contributed by atoms with Gasteiger partial charge in [-0.1, -0.05) is 6.07 Å². The zero-order valence-electron chi connectivity index (χ0n) is 12.7. The van der Waals surface area contributed by atoms with Gasteiger partial charge in [0.15, 0.2) is 5.82 Å². The molecule has 1 aliphatic heterocycles. The number of hydrogen-bond acceptors (Lipinski definition) is 6. The van der Waals surface area contributed by atoms with E-state index in [0.29, 0.717) is 0 Å². The number of anilines is 2. The molecule has 7 heteroatoms. The number of nitrogens with zero attached hydrogens (tertiary/aromatic N) is 7. The van der Waals surface area contributed by atoms with E-state index in [0.717, 1.165) is 43.6 Å². The number of piperazine rings is 1. The predicted molar refractivity (Wildman–Crippen MR) is 87.8 cm³/mol. The molecular weight excluding hydrogens is 290 g/mol. The molecule has 0 saturated carbocycles. The molecular formula is C16H17N7. The predicted octanol–water partition coefficient (Wildman–Crippen LogP) is 1.38. The molecule has 116 valence electrons. The molecule has 3 aromatic heterocycles. The van der Waals surface area contributed by atoms with E-state index >= 15 is 0 Å². The molecule has 0 unspecified atom stereocenters. The van der Waals surface area contributed by atoms with Crippen LogP contribution in [0.2, 0.25) is 0 Å². The summed E-state index contributed by atoms with van der Waals surface area (Å²) in [6, 6.07) is 9.87. The molecule has 0 bridgehead atoms. The van der Waals surface area contributed by atoms with Crippen molar-refractivity contribution in [2.24, 2.45) is 0 Å². The summed E-state index contributed by atoms with van der Waals surface area (Å²) in [7, 11) is 0. The lowest BCUT2D eigenvalue weighted by Crippen LogP contribution is -2.47. The lowest BCUT2D eigenvalue weighted by molar-refractivity contribution is 0.640. The third kappa shape index (κ3) is 2.85. The molecule has 0 N–H and O–H groups in total. The van der Waals surface area contributed by atoms with Crippen LogP contribution in [0.1, 0.15) is 0 Å². The number of hydrogen-bond donors (Lipinski definition) is 0. The van der Waals surface area contributed by atoms with E-state index in [1.807, 2.05) is 36.7 Å². The molecule has 0 aliphatic carbocycles. The van der Waals surface area contributed by atoms with E-state index in [2.05, 4.69) is 35.9 Å². The van der Waals surface area contributed by atoms with Crippen molar-refractivity contribution in [1.82, 2.24) is 24.7 Å². The molecule has 3 aromatic rings. The Balaban J connectivity index is 1.47. The molecule has 1 fully saturated rings. The Bertz CT molecular complexity index is 749. The van der Waals surface area contributed by atoms with Gasteiger partial charge in [-0.25, -0.2) is 19.6 Å². The Morgan fingerprint density at radius 2 is 1.52 bits per heavy atom. The summed E-state index contributed by atoms with van der Waals surface area (Å²) in [4.78, 5) is 17.7. The summed E-state index contributed by atoms with van der Waals surface area (Å²) in [5.74, 6) is 2.75.